The summed E-state index contributed by atoms with van der Waals surface area (Å²) < 4.78 is 5.27. The molecule has 1 aromatic heterocycles. The summed E-state index contributed by atoms with van der Waals surface area (Å²) in [5.41, 5.74) is 2.35. The van der Waals surface area contributed by atoms with Crippen LogP contribution in [0.5, 0.6) is 0 Å². The molecule has 3 rings (SSSR count). The number of aromatic nitrogens is 1. The summed E-state index contributed by atoms with van der Waals surface area (Å²) in [6.45, 7) is 0.0653. The van der Waals surface area contributed by atoms with E-state index < -0.39 is 5.97 Å². The molecule has 0 saturated carbocycles. The number of hydrogen-bond donors (Lipinski definition) is 0. The molecule has 0 N–H and O–H groups in total. The molecular formula is C20H15Cl2NO2S. The van der Waals surface area contributed by atoms with Crippen LogP contribution >= 0.6 is 35.0 Å². The number of esters is 1. The number of thioether (sulfide) groups is 1. The molecule has 1 heterocycles. The number of carbonyl (C=O) groups excluding carboxylic acids is 1. The summed E-state index contributed by atoms with van der Waals surface area (Å²) in [6.07, 6.45) is 5.05. The van der Waals surface area contributed by atoms with Gasteiger partial charge < -0.3 is 4.74 Å². The highest BCUT2D eigenvalue weighted by Gasteiger charge is 2.08. The Bertz CT molecular complexity index is 971. The molecule has 26 heavy (non-hydrogen) atoms. The number of pyridine rings is 1. The summed E-state index contributed by atoms with van der Waals surface area (Å²) >= 11 is 13.7. The second-order valence-electron chi connectivity index (χ2n) is 5.49. The van der Waals surface area contributed by atoms with Crippen LogP contribution in [0, 0.1) is 0 Å². The predicted octanol–water partition coefficient (Wildman–Crippen LogP) is 6.02. The first-order chi connectivity index (χ1) is 12.5. The van der Waals surface area contributed by atoms with Gasteiger partial charge in [-0.2, -0.15) is 0 Å². The summed E-state index contributed by atoms with van der Waals surface area (Å²) in [4.78, 5) is 17.4. The molecule has 3 nitrogen and oxygen atoms in total. The zero-order valence-corrected chi connectivity index (χ0v) is 16.2. The van der Waals surface area contributed by atoms with Crippen molar-refractivity contribution in [2.24, 2.45) is 0 Å². The minimum Gasteiger partial charge on any atom is -0.458 e. The Morgan fingerprint density at radius 3 is 2.65 bits per heavy atom. The van der Waals surface area contributed by atoms with Gasteiger partial charge in [-0.25, -0.2) is 9.78 Å². The van der Waals surface area contributed by atoms with Crippen LogP contribution < -0.4 is 0 Å². The first-order valence-electron chi connectivity index (χ1n) is 7.79. The lowest BCUT2D eigenvalue weighted by atomic mass is 10.1. The van der Waals surface area contributed by atoms with Crippen molar-refractivity contribution in [1.82, 2.24) is 4.98 Å². The summed E-state index contributed by atoms with van der Waals surface area (Å²) in [5.74, 6) is -0.450. The zero-order chi connectivity index (χ0) is 18.5. The van der Waals surface area contributed by atoms with Gasteiger partial charge in [-0.3, -0.25) is 0 Å². The fourth-order valence-electron chi connectivity index (χ4n) is 2.33. The molecule has 0 spiro atoms. The molecular weight excluding hydrogens is 389 g/mol. The van der Waals surface area contributed by atoms with Gasteiger partial charge in [0.25, 0.3) is 0 Å². The van der Waals surface area contributed by atoms with Crippen LogP contribution in [0.3, 0.4) is 0 Å². The highest BCUT2D eigenvalue weighted by atomic mass is 35.5. The maximum Gasteiger partial charge on any atom is 0.331 e. The van der Waals surface area contributed by atoms with E-state index in [-0.39, 0.29) is 6.61 Å². The van der Waals surface area contributed by atoms with E-state index in [0.29, 0.717) is 15.7 Å². The molecule has 2 aromatic carbocycles. The van der Waals surface area contributed by atoms with Gasteiger partial charge in [0.05, 0.1) is 5.52 Å². The van der Waals surface area contributed by atoms with Gasteiger partial charge in [-0.1, -0.05) is 41.4 Å². The third-order valence-electron chi connectivity index (χ3n) is 3.70. The fourth-order valence-corrected chi connectivity index (χ4v) is 3.09. The quantitative estimate of drug-likeness (QED) is 0.226. The minimum absolute atomic E-state index is 0.0653. The average Bonchev–Trinajstić information content (AvgIpc) is 2.65. The first kappa shape index (κ1) is 18.8. The predicted molar refractivity (Wildman–Crippen MR) is 109 cm³/mol. The summed E-state index contributed by atoms with van der Waals surface area (Å²) in [6, 6.07) is 15.0. The smallest absolute Gasteiger partial charge is 0.331 e. The number of nitrogens with zero attached hydrogens (tertiary/aromatic N) is 1. The number of benzene rings is 2. The van der Waals surface area contributed by atoms with E-state index in [1.165, 1.54) is 6.08 Å². The Morgan fingerprint density at radius 2 is 1.92 bits per heavy atom. The lowest BCUT2D eigenvalue weighted by Gasteiger charge is -2.07. The van der Waals surface area contributed by atoms with E-state index in [1.807, 2.05) is 42.7 Å². The largest absolute Gasteiger partial charge is 0.458 e. The Labute approximate surface area is 166 Å². The summed E-state index contributed by atoms with van der Waals surface area (Å²) in [5, 5.41) is 1.94. The first-order valence-corrected chi connectivity index (χ1v) is 9.77. The van der Waals surface area contributed by atoms with Crippen molar-refractivity contribution in [2.45, 2.75) is 11.5 Å². The number of rotatable bonds is 5. The van der Waals surface area contributed by atoms with E-state index in [4.69, 9.17) is 27.9 Å². The molecule has 6 heteroatoms. The lowest BCUT2D eigenvalue weighted by Crippen LogP contribution is -2.02. The Kier molecular flexibility index (Phi) is 6.20. The van der Waals surface area contributed by atoms with Gasteiger partial charge in [0.2, 0.25) is 0 Å². The second kappa shape index (κ2) is 8.58. The Morgan fingerprint density at radius 1 is 1.15 bits per heavy atom. The number of carbonyl (C=O) groups is 1. The average molecular weight is 404 g/mol. The Hall–Kier alpha value is -2.01. The molecule has 0 atom stereocenters. The van der Waals surface area contributed by atoms with Crippen LogP contribution in [0.25, 0.3) is 17.0 Å². The molecule has 132 valence electrons. The Balaban J connectivity index is 1.67. The van der Waals surface area contributed by atoms with Crippen LogP contribution in [0.2, 0.25) is 10.2 Å². The van der Waals surface area contributed by atoms with E-state index in [9.17, 15) is 4.79 Å². The van der Waals surface area contributed by atoms with Crippen LogP contribution in [0.15, 0.2) is 59.5 Å². The van der Waals surface area contributed by atoms with Crippen LogP contribution in [0.1, 0.15) is 11.1 Å². The number of ether oxygens (including phenoxy) is 1. The highest BCUT2D eigenvalue weighted by molar-refractivity contribution is 7.98. The van der Waals surface area contributed by atoms with E-state index in [0.717, 1.165) is 21.4 Å². The molecule has 0 saturated heterocycles. The molecule has 0 fully saturated rings. The van der Waals surface area contributed by atoms with Crippen molar-refractivity contribution < 1.29 is 9.53 Å². The lowest BCUT2D eigenvalue weighted by molar-refractivity contribution is -0.138. The fraction of sp³-hybridized carbons (Fsp3) is 0.100. The molecule has 3 aromatic rings. The molecule has 0 radical (unpaired) electrons. The topological polar surface area (TPSA) is 39.2 Å². The van der Waals surface area contributed by atoms with Crippen LogP contribution in [0.4, 0.5) is 0 Å². The summed E-state index contributed by atoms with van der Waals surface area (Å²) in [7, 11) is 0. The van der Waals surface area contributed by atoms with Crippen molar-refractivity contribution in [3.05, 3.63) is 75.9 Å². The van der Waals surface area contributed by atoms with Crippen LogP contribution in [-0.2, 0) is 16.1 Å². The standard InChI is InChI=1S/C20H15Cl2NO2S/c1-26-17-8-5-14-10-15(20(22)23-18(14)11-17)12-25-19(24)9-4-13-2-6-16(21)7-3-13/h2-11H,12H2,1H3/b9-4+. The monoisotopic (exact) mass is 403 g/mol. The van der Waals surface area contributed by atoms with Gasteiger partial charge in [-0.15, -0.1) is 11.8 Å². The zero-order valence-electron chi connectivity index (χ0n) is 13.9. The minimum atomic E-state index is -0.450. The normalized spacial score (nSPS) is 11.2. The van der Waals surface area contributed by atoms with Crippen LogP contribution in [-0.4, -0.2) is 17.2 Å². The van der Waals surface area contributed by atoms with Gasteiger partial charge in [-0.05, 0) is 48.2 Å². The van der Waals surface area contributed by atoms with Crippen molar-refractivity contribution in [3.8, 4) is 0 Å². The molecule has 0 aliphatic rings. The molecule has 0 bridgehead atoms. The highest BCUT2D eigenvalue weighted by Crippen LogP contribution is 2.25. The van der Waals surface area contributed by atoms with E-state index in [1.54, 1.807) is 30.0 Å². The van der Waals surface area contributed by atoms with Gasteiger partial charge in [0.1, 0.15) is 11.8 Å². The van der Waals surface area contributed by atoms with Gasteiger partial charge in [0, 0.05) is 26.9 Å². The van der Waals surface area contributed by atoms with Crippen molar-refractivity contribution in [1.29, 1.82) is 0 Å². The molecule has 0 amide bonds. The number of halogens is 2. The third-order valence-corrected chi connectivity index (χ3v) is 5.01. The van der Waals surface area contributed by atoms with Gasteiger partial charge in [0.15, 0.2) is 0 Å². The van der Waals surface area contributed by atoms with Crippen molar-refractivity contribution >= 4 is 57.9 Å². The van der Waals surface area contributed by atoms with Crippen molar-refractivity contribution in [2.75, 3.05) is 6.26 Å². The van der Waals surface area contributed by atoms with E-state index >= 15 is 0 Å². The molecule has 0 unspecified atom stereocenters. The second-order valence-corrected chi connectivity index (χ2v) is 7.16. The molecule has 0 aliphatic heterocycles. The van der Waals surface area contributed by atoms with Gasteiger partial charge >= 0.3 is 5.97 Å². The maximum absolute atomic E-state index is 11.9. The molecule has 0 aliphatic carbocycles. The number of fused-ring (bicyclic) bond motifs is 1. The van der Waals surface area contributed by atoms with E-state index in [2.05, 4.69) is 4.98 Å². The SMILES string of the molecule is CSc1ccc2cc(COC(=O)/C=C/c3ccc(Cl)cc3)c(Cl)nc2c1. The third kappa shape index (κ3) is 4.79. The van der Waals surface area contributed by atoms with Crippen molar-refractivity contribution in [3.63, 3.8) is 0 Å². The number of hydrogen-bond acceptors (Lipinski definition) is 4. The maximum atomic E-state index is 11.9.